The number of hydrazine groups is 1. The minimum absolute atomic E-state index is 0.254. The quantitative estimate of drug-likeness (QED) is 0.561. The van der Waals surface area contributed by atoms with Crippen LogP contribution in [-0.4, -0.2) is 34.6 Å². The van der Waals surface area contributed by atoms with E-state index in [9.17, 15) is 0 Å². The van der Waals surface area contributed by atoms with Gasteiger partial charge in [0.05, 0.1) is 7.11 Å². The molecule has 96 valence electrons. The molecule has 1 heterocycles. The Morgan fingerprint density at radius 1 is 1.35 bits per heavy atom. The van der Waals surface area contributed by atoms with Crippen molar-refractivity contribution in [2.75, 3.05) is 24.0 Å². The Bertz CT molecular complexity index is 336. The Morgan fingerprint density at radius 2 is 2.06 bits per heavy atom. The second kappa shape index (κ2) is 6.19. The molecule has 1 rings (SSSR count). The van der Waals surface area contributed by atoms with Crippen molar-refractivity contribution in [3.8, 4) is 6.01 Å². The minimum atomic E-state index is 0.254. The van der Waals surface area contributed by atoms with Gasteiger partial charge in [-0.05, 0) is 20.3 Å². The summed E-state index contributed by atoms with van der Waals surface area (Å²) in [6.07, 6.45) is 1.01. The molecule has 0 saturated heterocycles. The summed E-state index contributed by atoms with van der Waals surface area (Å²) in [6.45, 7) is 7.10. The van der Waals surface area contributed by atoms with Crippen molar-refractivity contribution >= 4 is 11.9 Å². The molecule has 0 radical (unpaired) electrons. The van der Waals surface area contributed by atoms with Gasteiger partial charge >= 0.3 is 6.01 Å². The first-order chi connectivity index (χ1) is 8.15. The second-order valence-corrected chi connectivity index (χ2v) is 3.63. The zero-order valence-electron chi connectivity index (χ0n) is 10.8. The fourth-order valence-corrected chi connectivity index (χ4v) is 1.50. The molecule has 0 aliphatic carbocycles. The monoisotopic (exact) mass is 240 g/mol. The highest BCUT2D eigenvalue weighted by Gasteiger charge is 2.16. The largest absolute Gasteiger partial charge is 0.467 e. The lowest BCUT2D eigenvalue weighted by molar-refractivity contribution is 0.378. The first-order valence-electron chi connectivity index (χ1n) is 5.69. The third kappa shape index (κ3) is 3.16. The van der Waals surface area contributed by atoms with Crippen LogP contribution in [0.15, 0.2) is 0 Å². The van der Waals surface area contributed by atoms with E-state index < -0.39 is 0 Å². The summed E-state index contributed by atoms with van der Waals surface area (Å²) in [6, 6.07) is 0.599. The van der Waals surface area contributed by atoms with Gasteiger partial charge in [0.1, 0.15) is 0 Å². The van der Waals surface area contributed by atoms with Crippen molar-refractivity contribution in [2.24, 2.45) is 5.84 Å². The van der Waals surface area contributed by atoms with Gasteiger partial charge in [0.15, 0.2) is 0 Å². The average Bonchev–Trinajstić information content (AvgIpc) is 2.38. The number of nitrogens with zero attached hydrogens (tertiary/aromatic N) is 4. The maximum absolute atomic E-state index is 5.32. The van der Waals surface area contributed by atoms with Crippen molar-refractivity contribution < 1.29 is 4.74 Å². The highest BCUT2D eigenvalue weighted by atomic mass is 16.5. The minimum Gasteiger partial charge on any atom is -0.467 e. The highest BCUT2D eigenvalue weighted by molar-refractivity contribution is 5.38. The first-order valence-corrected chi connectivity index (χ1v) is 5.69. The van der Waals surface area contributed by atoms with Crippen LogP contribution in [0, 0.1) is 0 Å². The molecule has 0 aliphatic rings. The maximum atomic E-state index is 5.32. The maximum Gasteiger partial charge on any atom is 0.322 e. The van der Waals surface area contributed by atoms with Gasteiger partial charge in [-0.15, -0.1) is 0 Å². The van der Waals surface area contributed by atoms with E-state index in [1.165, 1.54) is 7.11 Å². The van der Waals surface area contributed by atoms with Crippen molar-refractivity contribution in [1.82, 2.24) is 15.0 Å². The molecule has 0 amide bonds. The Hall–Kier alpha value is -1.63. The number of nitrogens with one attached hydrogen (secondary N) is 1. The summed E-state index contributed by atoms with van der Waals surface area (Å²) in [5.74, 6) is 6.19. The van der Waals surface area contributed by atoms with E-state index in [1.54, 1.807) is 0 Å². The summed E-state index contributed by atoms with van der Waals surface area (Å²) in [4.78, 5) is 14.5. The van der Waals surface area contributed by atoms with E-state index in [2.05, 4.69) is 46.0 Å². The molecule has 0 spiro atoms. The average molecular weight is 240 g/mol. The van der Waals surface area contributed by atoms with Crippen LogP contribution in [0.5, 0.6) is 6.01 Å². The zero-order valence-corrected chi connectivity index (χ0v) is 10.8. The van der Waals surface area contributed by atoms with E-state index in [1.807, 2.05) is 0 Å². The van der Waals surface area contributed by atoms with Crippen LogP contribution < -0.4 is 20.9 Å². The molecule has 0 aromatic carbocycles. The number of aromatic nitrogens is 3. The van der Waals surface area contributed by atoms with E-state index in [0.29, 0.717) is 17.9 Å². The van der Waals surface area contributed by atoms with Gasteiger partial charge in [-0.25, -0.2) is 5.84 Å². The number of nitrogens with two attached hydrogens (primary N) is 1. The molecule has 0 saturated carbocycles. The molecule has 1 aromatic heterocycles. The smallest absolute Gasteiger partial charge is 0.322 e. The fraction of sp³-hybridized carbons (Fsp3) is 0.700. The predicted octanol–water partition coefficient (Wildman–Crippen LogP) is 0.791. The number of rotatable bonds is 6. The van der Waals surface area contributed by atoms with Gasteiger partial charge in [0.2, 0.25) is 11.9 Å². The van der Waals surface area contributed by atoms with Gasteiger partial charge in [-0.2, -0.15) is 15.0 Å². The van der Waals surface area contributed by atoms with Crippen LogP contribution in [0.3, 0.4) is 0 Å². The molecule has 3 N–H and O–H groups in total. The lowest BCUT2D eigenvalue weighted by Gasteiger charge is -2.27. The molecule has 0 fully saturated rings. The number of hydrogen-bond donors (Lipinski definition) is 2. The lowest BCUT2D eigenvalue weighted by atomic mass is 10.2. The van der Waals surface area contributed by atoms with Crippen molar-refractivity contribution in [2.45, 2.75) is 33.2 Å². The SMILES string of the molecule is CCC(C)N(CC)c1nc(NN)nc(OC)n1. The van der Waals surface area contributed by atoms with Gasteiger partial charge in [0, 0.05) is 12.6 Å². The summed E-state index contributed by atoms with van der Waals surface area (Å²) in [7, 11) is 1.51. The lowest BCUT2D eigenvalue weighted by Crippen LogP contribution is -2.34. The summed E-state index contributed by atoms with van der Waals surface area (Å²) in [5, 5.41) is 0. The van der Waals surface area contributed by atoms with Crippen LogP contribution in [0.2, 0.25) is 0 Å². The van der Waals surface area contributed by atoms with Crippen molar-refractivity contribution in [1.29, 1.82) is 0 Å². The van der Waals surface area contributed by atoms with Crippen LogP contribution >= 0.6 is 0 Å². The molecule has 7 nitrogen and oxygen atoms in total. The predicted molar refractivity (Wildman–Crippen MR) is 67.0 cm³/mol. The zero-order chi connectivity index (χ0) is 12.8. The molecule has 7 heteroatoms. The topological polar surface area (TPSA) is 89.2 Å². The normalized spacial score (nSPS) is 12.1. The van der Waals surface area contributed by atoms with Crippen LogP contribution in [0.4, 0.5) is 11.9 Å². The molecule has 1 unspecified atom stereocenters. The van der Waals surface area contributed by atoms with Gasteiger partial charge in [0.25, 0.3) is 0 Å². The number of ether oxygens (including phenoxy) is 1. The molecule has 17 heavy (non-hydrogen) atoms. The van der Waals surface area contributed by atoms with Crippen molar-refractivity contribution in [3.63, 3.8) is 0 Å². The third-order valence-electron chi connectivity index (χ3n) is 2.64. The number of anilines is 2. The third-order valence-corrected chi connectivity index (χ3v) is 2.64. The molecular weight excluding hydrogens is 220 g/mol. The Labute approximate surface area is 101 Å². The van der Waals surface area contributed by atoms with E-state index in [-0.39, 0.29) is 6.01 Å². The van der Waals surface area contributed by atoms with Gasteiger partial charge in [-0.1, -0.05) is 6.92 Å². The molecule has 0 aliphatic heterocycles. The Balaban J connectivity index is 3.09. The van der Waals surface area contributed by atoms with E-state index in [4.69, 9.17) is 10.6 Å². The molecule has 1 atom stereocenters. The van der Waals surface area contributed by atoms with E-state index in [0.717, 1.165) is 13.0 Å². The second-order valence-electron chi connectivity index (χ2n) is 3.63. The van der Waals surface area contributed by atoms with E-state index >= 15 is 0 Å². The Morgan fingerprint density at radius 3 is 2.53 bits per heavy atom. The first kappa shape index (κ1) is 13.4. The van der Waals surface area contributed by atoms with Crippen LogP contribution in [-0.2, 0) is 0 Å². The molecule has 0 bridgehead atoms. The summed E-state index contributed by atoms with van der Waals surface area (Å²) < 4.78 is 5.02. The van der Waals surface area contributed by atoms with Crippen LogP contribution in [0.25, 0.3) is 0 Å². The summed E-state index contributed by atoms with van der Waals surface area (Å²) >= 11 is 0. The number of nitrogen functional groups attached to an aromatic ring is 1. The highest BCUT2D eigenvalue weighted by Crippen LogP contribution is 2.17. The summed E-state index contributed by atoms with van der Waals surface area (Å²) in [5.41, 5.74) is 2.41. The molecule has 1 aromatic rings. The molecular formula is C10H20N6O. The van der Waals surface area contributed by atoms with Crippen molar-refractivity contribution in [3.05, 3.63) is 0 Å². The number of hydrogen-bond acceptors (Lipinski definition) is 7. The van der Waals surface area contributed by atoms with Gasteiger partial charge in [-0.3, -0.25) is 5.43 Å². The van der Waals surface area contributed by atoms with Gasteiger partial charge < -0.3 is 9.64 Å². The standard InChI is InChI=1S/C10H20N6O/c1-5-7(3)16(6-2)9-12-8(15-11)13-10(14-9)17-4/h7H,5-6,11H2,1-4H3,(H,12,13,14,15). The fourth-order valence-electron chi connectivity index (χ4n) is 1.50. The number of methoxy groups -OCH3 is 1. The Kier molecular flexibility index (Phi) is 4.89. The van der Waals surface area contributed by atoms with Crippen LogP contribution in [0.1, 0.15) is 27.2 Å².